The maximum atomic E-state index is 12.0. The summed E-state index contributed by atoms with van der Waals surface area (Å²) in [6.07, 6.45) is 0.907. The van der Waals surface area contributed by atoms with Crippen LogP contribution in [0, 0.1) is 5.92 Å². The number of hydrogen-bond donors (Lipinski definition) is 1. The minimum atomic E-state index is -4.47. The minimum absolute atomic E-state index is 0.158. The highest BCUT2D eigenvalue weighted by Crippen LogP contribution is 2.31. The molecule has 18 heavy (non-hydrogen) atoms. The Morgan fingerprint density at radius 3 is 2.56 bits per heavy atom. The molecule has 0 bridgehead atoms. The Bertz CT molecular complexity index is 335. The predicted octanol–water partition coefficient (Wildman–Crippen LogP) is 1.95. The second-order valence-electron chi connectivity index (χ2n) is 4.31. The number of thioether (sulfide) groups is 1. The Morgan fingerprint density at radius 1 is 1.44 bits per heavy atom. The molecule has 4 nitrogen and oxygen atoms in total. The van der Waals surface area contributed by atoms with Gasteiger partial charge in [-0.1, -0.05) is 6.92 Å². The molecule has 0 aromatic heterocycles. The first-order valence-electron chi connectivity index (χ1n) is 5.43. The summed E-state index contributed by atoms with van der Waals surface area (Å²) in [7, 11) is 0. The summed E-state index contributed by atoms with van der Waals surface area (Å²) in [5.74, 6) is -2.53. The second kappa shape index (κ2) is 5.81. The van der Waals surface area contributed by atoms with Crippen molar-refractivity contribution in [3.05, 3.63) is 0 Å². The van der Waals surface area contributed by atoms with Crippen LogP contribution in [-0.2, 0) is 9.59 Å². The first kappa shape index (κ1) is 15.1. The van der Waals surface area contributed by atoms with Gasteiger partial charge in [-0.05, 0) is 30.5 Å². The van der Waals surface area contributed by atoms with E-state index in [0.717, 1.165) is 4.90 Å². The number of nitrogens with zero attached hydrogens (tertiary/aromatic N) is 1. The summed E-state index contributed by atoms with van der Waals surface area (Å²) in [5.41, 5.74) is -4.47. The van der Waals surface area contributed by atoms with E-state index in [9.17, 15) is 22.8 Å². The van der Waals surface area contributed by atoms with E-state index < -0.39 is 40.9 Å². The maximum Gasteiger partial charge on any atom is 0.442 e. The van der Waals surface area contributed by atoms with Gasteiger partial charge in [0.2, 0.25) is 5.91 Å². The normalized spacial score (nSPS) is 25.0. The molecule has 1 amide bonds. The van der Waals surface area contributed by atoms with E-state index in [2.05, 4.69) is 0 Å². The molecular weight excluding hydrogens is 271 g/mol. The Balaban J connectivity index is 2.62. The minimum Gasteiger partial charge on any atom is -0.480 e. The van der Waals surface area contributed by atoms with Gasteiger partial charge in [-0.2, -0.15) is 13.2 Å². The van der Waals surface area contributed by atoms with E-state index in [4.69, 9.17) is 5.11 Å². The number of hydrogen-bond acceptors (Lipinski definition) is 3. The first-order valence-corrected chi connectivity index (χ1v) is 6.42. The van der Waals surface area contributed by atoms with Crippen molar-refractivity contribution in [2.24, 2.45) is 5.92 Å². The van der Waals surface area contributed by atoms with Crippen LogP contribution in [0.15, 0.2) is 0 Å². The molecule has 0 aliphatic carbocycles. The lowest BCUT2D eigenvalue weighted by molar-refractivity contribution is -0.152. The number of rotatable bonds is 3. The Hall–Kier alpha value is -0.920. The largest absolute Gasteiger partial charge is 0.480 e. The fraction of sp³-hybridized carbons (Fsp3) is 0.800. The van der Waals surface area contributed by atoms with Gasteiger partial charge in [-0.3, -0.25) is 4.79 Å². The average molecular weight is 285 g/mol. The molecule has 1 aliphatic heterocycles. The van der Waals surface area contributed by atoms with Crippen molar-refractivity contribution >= 4 is 23.6 Å². The maximum absolute atomic E-state index is 12.0. The van der Waals surface area contributed by atoms with Gasteiger partial charge < -0.3 is 10.0 Å². The van der Waals surface area contributed by atoms with Gasteiger partial charge >= 0.3 is 11.5 Å². The zero-order chi connectivity index (χ0) is 13.9. The molecule has 1 fully saturated rings. The third-order valence-corrected chi connectivity index (χ3v) is 3.55. The van der Waals surface area contributed by atoms with Crippen molar-refractivity contribution in [1.82, 2.24) is 4.90 Å². The van der Waals surface area contributed by atoms with E-state index in [1.165, 1.54) is 0 Å². The molecule has 1 heterocycles. The molecule has 0 spiro atoms. The SMILES string of the molecule is CC1CCN(C(=O)CSC(F)(F)F)C(C(=O)O)C1. The van der Waals surface area contributed by atoms with Gasteiger partial charge in [-0.25, -0.2) is 4.79 Å². The summed E-state index contributed by atoms with van der Waals surface area (Å²) in [6, 6.07) is -1.00. The van der Waals surface area contributed by atoms with E-state index in [-0.39, 0.29) is 18.9 Å². The fourth-order valence-electron chi connectivity index (χ4n) is 1.90. The number of carboxylic acids is 1. The molecule has 8 heteroatoms. The number of carbonyl (C=O) groups is 2. The van der Waals surface area contributed by atoms with Crippen molar-refractivity contribution in [3.63, 3.8) is 0 Å². The number of carboxylic acid groups (broad SMARTS) is 1. The topological polar surface area (TPSA) is 57.6 Å². The van der Waals surface area contributed by atoms with Gasteiger partial charge in [0.05, 0.1) is 5.75 Å². The van der Waals surface area contributed by atoms with Crippen LogP contribution in [0.1, 0.15) is 19.8 Å². The van der Waals surface area contributed by atoms with Gasteiger partial charge in [0.15, 0.2) is 0 Å². The Labute approximate surface area is 107 Å². The van der Waals surface area contributed by atoms with Crippen LogP contribution in [0.4, 0.5) is 13.2 Å². The average Bonchev–Trinajstić information content (AvgIpc) is 2.24. The van der Waals surface area contributed by atoms with Gasteiger partial charge in [0, 0.05) is 6.54 Å². The third kappa shape index (κ3) is 4.40. The van der Waals surface area contributed by atoms with Gasteiger partial charge in [0.1, 0.15) is 6.04 Å². The van der Waals surface area contributed by atoms with Crippen molar-refractivity contribution in [2.45, 2.75) is 31.3 Å². The fourth-order valence-corrected chi connectivity index (χ4v) is 2.35. The highest BCUT2D eigenvalue weighted by molar-refractivity contribution is 8.00. The van der Waals surface area contributed by atoms with Crippen LogP contribution in [-0.4, -0.2) is 45.7 Å². The molecule has 1 rings (SSSR count). The van der Waals surface area contributed by atoms with E-state index in [0.29, 0.717) is 6.42 Å². The molecule has 1 N–H and O–H groups in total. The number of aliphatic carboxylic acids is 1. The zero-order valence-electron chi connectivity index (χ0n) is 9.74. The summed E-state index contributed by atoms with van der Waals surface area (Å²) in [5, 5.41) is 8.98. The smallest absolute Gasteiger partial charge is 0.442 e. The van der Waals surface area contributed by atoms with Crippen LogP contribution in [0.5, 0.6) is 0 Å². The molecule has 0 saturated carbocycles. The lowest BCUT2D eigenvalue weighted by atomic mass is 9.92. The summed E-state index contributed by atoms with van der Waals surface area (Å²) in [6.45, 7) is 2.07. The molecule has 1 saturated heterocycles. The van der Waals surface area contributed by atoms with Crippen molar-refractivity contribution in [2.75, 3.05) is 12.3 Å². The number of amides is 1. The van der Waals surface area contributed by atoms with Crippen molar-refractivity contribution in [3.8, 4) is 0 Å². The van der Waals surface area contributed by atoms with Crippen LogP contribution in [0.2, 0.25) is 0 Å². The quantitative estimate of drug-likeness (QED) is 0.861. The second-order valence-corrected chi connectivity index (χ2v) is 5.35. The molecule has 2 atom stereocenters. The van der Waals surface area contributed by atoms with Crippen LogP contribution in [0.25, 0.3) is 0 Å². The molecule has 2 unspecified atom stereocenters. The molecule has 0 aromatic rings. The highest BCUT2D eigenvalue weighted by Gasteiger charge is 2.36. The third-order valence-electron chi connectivity index (χ3n) is 2.83. The lowest BCUT2D eigenvalue weighted by Crippen LogP contribution is -2.50. The predicted molar refractivity (Wildman–Crippen MR) is 60.0 cm³/mol. The summed E-state index contributed by atoms with van der Waals surface area (Å²) >= 11 is -0.434. The van der Waals surface area contributed by atoms with Crippen molar-refractivity contribution < 1.29 is 27.9 Å². The number of piperidine rings is 1. The number of likely N-dealkylation sites (tertiary alicyclic amines) is 1. The molecule has 1 aliphatic rings. The van der Waals surface area contributed by atoms with E-state index in [1.54, 1.807) is 0 Å². The number of carbonyl (C=O) groups excluding carboxylic acids is 1. The highest BCUT2D eigenvalue weighted by atomic mass is 32.2. The van der Waals surface area contributed by atoms with E-state index in [1.807, 2.05) is 6.92 Å². The van der Waals surface area contributed by atoms with E-state index >= 15 is 0 Å². The van der Waals surface area contributed by atoms with Crippen LogP contribution >= 0.6 is 11.8 Å². The summed E-state index contributed by atoms with van der Waals surface area (Å²) in [4.78, 5) is 23.6. The van der Waals surface area contributed by atoms with Crippen LogP contribution < -0.4 is 0 Å². The molecule has 104 valence electrons. The molecule has 0 radical (unpaired) electrons. The number of halogens is 3. The summed E-state index contributed by atoms with van der Waals surface area (Å²) < 4.78 is 35.9. The molecular formula is C10H14F3NO3S. The van der Waals surface area contributed by atoms with Gasteiger partial charge in [-0.15, -0.1) is 0 Å². The first-order chi connectivity index (χ1) is 8.20. The van der Waals surface area contributed by atoms with Gasteiger partial charge in [0.25, 0.3) is 0 Å². The Morgan fingerprint density at radius 2 is 2.06 bits per heavy atom. The lowest BCUT2D eigenvalue weighted by Gasteiger charge is -2.36. The Kier molecular flexibility index (Phi) is 4.89. The number of alkyl halides is 3. The zero-order valence-corrected chi connectivity index (χ0v) is 10.6. The molecule has 0 aromatic carbocycles. The van der Waals surface area contributed by atoms with Crippen LogP contribution in [0.3, 0.4) is 0 Å². The van der Waals surface area contributed by atoms with Crippen molar-refractivity contribution in [1.29, 1.82) is 0 Å². The standard InChI is InChI=1S/C10H14F3NO3S/c1-6-2-3-14(7(4-6)9(16)17)8(15)5-18-10(11,12)13/h6-7H,2-5H2,1H3,(H,16,17). The monoisotopic (exact) mass is 285 g/mol.